The number of hydrogen-bond donors (Lipinski definition) is 1. The molecular weight excluding hydrogens is 440 g/mol. The van der Waals surface area contributed by atoms with Gasteiger partial charge in [0.1, 0.15) is 5.54 Å². The molecule has 4 aliphatic rings. The van der Waals surface area contributed by atoms with Crippen molar-refractivity contribution in [1.29, 1.82) is 5.26 Å². The van der Waals surface area contributed by atoms with Crippen LogP contribution in [0.4, 0.5) is 0 Å². The van der Waals surface area contributed by atoms with Crippen LogP contribution in [-0.2, 0) is 14.3 Å². The zero-order chi connectivity index (χ0) is 24.7. The zero-order valence-electron chi connectivity index (χ0n) is 21.8. The summed E-state index contributed by atoms with van der Waals surface area (Å²) in [7, 11) is 0. The standard InChI is InChI=1S/C28H46N4O3/c1-2-23-10-6-7-11-25(23)32-13-12-28(20-29,21-32)30-27(34)24(18-22-8-4-3-5-9-22)19-26(33)31-14-16-35-17-15-31/h22-25H,2-19,21H2,1H3,(H,30,34)/t23-,24+,25+,28-/m0/s1. The fraction of sp³-hybridized carbons (Fsp3) is 0.893. The maximum absolute atomic E-state index is 13.7. The molecular formula is C28H46N4O3. The number of hydrogen-bond acceptors (Lipinski definition) is 5. The molecule has 2 saturated heterocycles. The van der Waals surface area contributed by atoms with Gasteiger partial charge in [0, 0.05) is 44.6 Å². The number of carbonyl (C=O) groups is 2. The van der Waals surface area contributed by atoms with E-state index < -0.39 is 5.54 Å². The molecule has 0 radical (unpaired) electrons. The lowest BCUT2D eigenvalue weighted by Crippen LogP contribution is -2.53. The molecule has 7 nitrogen and oxygen atoms in total. The molecule has 0 bridgehead atoms. The Morgan fingerprint density at radius 3 is 2.49 bits per heavy atom. The van der Waals surface area contributed by atoms with E-state index in [4.69, 9.17) is 4.74 Å². The van der Waals surface area contributed by atoms with Gasteiger partial charge >= 0.3 is 0 Å². The van der Waals surface area contributed by atoms with Crippen molar-refractivity contribution in [2.45, 2.75) is 102 Å². The highest BCUT2D eigenvalue weighted by atomic mass is 16.5. The summed E-state index contributed by atoms with van der Waals surface area (Å²) in [6.45, 7) is 6.11. The molecule has 0 unspecified atom stereocenters. The maximum Gasteiger partial charge on any atom is 0.224 e. The van der Waals surface area contributed by atoms with Crippen LogP contribution in [-0.4, -0.2) is 72.6 Å². The molecule has 2 aliphatic carbocycles. The number of nitrogens with one attached hydrogen (secondary N) is 1. The molecule has 2 heterocycles. The van der Waals surface area contributed by atoms with Crippen LogP contribution < -0.4 is 5.32 Å². The molecule has 35 heavy (non-hydrogen) atoms. The molecule has 1 N–H and O–H groups in total. The Bertz CT molecular complexity index is 756. The highest BCUT2D eigenvalue weighted by Crippen LogP contribution is 2.35. The van der Waals surface area contributed by atoms with E-state index in [1.807, 2.05) is 4.90 Å². The van der Waals surface area contributed by atoms with Gasteiger partial charge in [-0.25, -0.2) is 0 Å². The summed E-state index contributed by atoms with van der Waals surface area (Å²) in [6, 6.07) is 3.03. The minimum absolute atomic E-state index is 0.0521. The van der Waals surface area contributed by atoms with Crippen LogP contribution in [0.5, 0.6) is 0 Å². The highest BCUT2D eigenvalue weighted by molar-refractivity contribution is 5.86. The Morgan fingerprint density at radius 2 is 1.77 bits per heavy atom. The predicted octanol–water partition coefficient (Wildman–Crippen LogP) is 3.87. The van der Waals surface area contributed by atoms with Gasteiger partial charge in [-0.15, -0.1) is 0 Å². The normalized spacial score (nSPS) is 31.6. The van der Waals surface area contributed by atoms with Crippen LogP contribution in [0.1, 0.15) is 90.4 Å². The lowest BCUT2D eigenvalue weighted by Gasteiger charge is -2.38. The van der Waals surface area contributed by atoms with Crippen molar-refractivity contribution in [3.8, 4) is 6.07 Å². The summed E-state index contributed by atoms with van der Waals surface area (Å²) in [5.41, 5.74) is -0.834. The van der Waals surface area contributed by atoms with Crippen molar-refractivity contribution in [1.82, 2.24) is 15.1 Å². The molecule has 196 valence electrons. The Kier molecular flexibility index (Phi) is 9.46. The van der Waals surface area contributed by atoms with E-state index in [9.17, 15) is 14.9 Å². The van der Waals surface area contributed by atoms with Crippen molar-refractivity contribution < 1.29 is 14.3 Å². The number of carbonyl (C=O) groups excluding carboxylic acids is 2. The topological polar surface area (TPSA) is 85.7 Å². The van der Waals surface area contributed by atoms with Crippen LogP contribution in [0.15, 0.2) is 0 Å². The van der Waals surface area contributed by atoms with E-state index in [2.05, 4.69) is 23.2 Å². The largest absolute Gasteiger partial charge is 0.378 e. The van der Waals surface area contributed by atoms with Gasteiger partial charge in [0.05, 0.1) is 19.3 Å². The van der Waals surface area contributed by atoms with Crippen molar-refractivity contribution in [3.05, 3.63) is 0 Å². The van der Waals surface area contributed by atoms with Gasteiger partial charge in [-0.3, -0.25) is 14.5 Å². The number of rotatable bonds is 8. The van der Waals surface area contributed by atoms with E-state index in [-0.39, 0.29) is 24.2 Å². The minimum atomic E-state index is -0.834. The zero-order valence-corrected chi connectivity index (χ0v) is 21.8. The molecule has 7 heteroatoms. The second-order valence-corrected chi connectivity index (χ2v) is 11.6. The van der Waals surface area contributed by atoms with Gasteiger partial charge in [0.15, 0.2) is 0 Å². The molecule has 4 atom stereocenters. The van der Waals surface area contributed by atoms with Gasteiger partial charge in [-0.2, -0.15) is 5.26 Å². The Labute approximate surface area is 211 Å². The number of morpholine rings is 1. The van der Waals surface area contributed by atoms with Gasteiger partial charge in [0.25, 0.3) is 0 Å². The van der Waals surface area contributed by atoms with Gasteiger partial charge in [-0.1, -0.05) is 58.3 Å². The minimum Gasteiger partial charge on any atom is -0.378 e. The maximum atomic E-state index is 13.7. The van der Waals surface area contributed by atoms with E-state index in [0.29, 0.717) is 57.1 Å². The van der Waals surface area contributed by atoms with E-state index >= 15 is 0 Å². The monoisotopic (exact) mass is 486 g/mol. The summed E-state index contributed by atoms with van der Waals surface area (Å²) in [5.74, 6) is 0.806. The first-order valence-corrected chi connectivity index (χ1v) is 14.4. The van der Waals surface area contributed by atoms with Crippen LogP contribution in [0, 0.1) is 29.1 Å². The molecule has 4 fully saturated rings. The van der Waals surface area contributed by atoms with Crippen LogP contribution in [0.2, 0.25) is 0 Å². The lowest BCUT2D eigenvalue weighted by atomic mass is 9.81. The first kappa shape index (κ1) is 26.4. The van der Waals surface area contributed by atoms with Crippen molar-refractivity contribution >= 4 is 11.8 Å². The number of amides is 2. The number of nitrogens with zero attached hydrogens (tertiary/aromatic N) is 3. The lowest BCUT2D eigenvalue weighted by molar-refractivity contribution is -0.140. The summed E-state index contributed by atoms with van der Waals surface area (Å²) < 4.78 is 5.40. The van der Waals surface area contributed by atoms with Crippen molar-refractivity contribution in [2.24, 2.45) is 17.8 Å². The summed E-state index contributed by atoms with van der Waals surface area (Å²) in [4.78, 5) is 31.1. The number of ether oxygens (including phenoxy) is 1. The second-order valence-electron chi connectivity index (χ2n) is 11.6. The quantitative estimate of drug-likeness (QED) is 0.563. The number of nitriles is 1. The molecule has 0 aromatic carbocycles. The average Bonchev–Trinajstić information content (AvgIpc) is 3.33. The smallest absolute Gasteiger partial charge is 0.224 e. The van der Waals surface area contributed by atoms with Crippen LogP contribution in [0.25, 0.3) is 0 Å². The predicted molar refractivity (Wildman–Crippen MR) is 135 cm³/mol. The molecule has 0 aromatic heterocycles. The Balaban J connectivity index is 1.42. The van der Waals surface area contributed by atoms with Crippen molar-refractivity contribution in [2.75, 3.05) is 39.4 Å². The summed E-state index contributed by atoms with van der Waals surface area (Å²) in [5, 5.41) is 13.4. The Hall–Kier alpha value is -1.65. The molecule has 4 rings (SSSR count). The third-order valence-electron chi connectivity index (χ3n) is 9.24. The molecule has 2 saturated carbocycles. The first-order chi connectivity index (χ1) is 17.0. The third kappa shape index (κ3) is 6.77. The van der Waals surface area contributed by atoms with E-state index in [1.54, 1.807) is 0 Å². The van der Waals surface area contributed by atoms with Crippen molar-refractivity contribution in [3.63, 3.8) is 0 Å². The van der Waals surface area contributed by atoms with Gasteiger partial charge in [0.2, 0.25) is 11.8 Å². The average molecular weight is 487 g/mol. The first-order valence-electron chi connectivity index (χ1n) is 14.4. The highest BCUT2D eigenvalue weighted by Gasteiger charge is 2.45. The fourth-order valence-corrected chi connectivity index (χ4v) is 7.09. The third-order valence-corrected chi connectivity index (χ3v) is 9.24. The van der Waals surface area contributed by atoms with Gasteiger partial charge in [-0.05, 0) is 37.5 Å². The van der Waals surface area contributed by atoms with Gasteiger partial charge < -0.3 is 15.0 Å². The Morgan fingerprint density at radius 1 is 1.06 bits per heavy atom. The van der Waals surface area contributed by atoms with Crippen LogP contribution >= 0.6 is 0 Å². The fourth-order valence-electron chi connectivity index (χ4n) is 7.09. The molecule has 2 amide bonds. The molecule has 0 spiro atoms. The molecule has 2 aliphatic heterocycles. The van der Waals surface area contributed by atoms with E-state index in [1.165, 1.54) is 51.4 Å². The van der Waals surface area contributed by atoms with Crippen LogP contribution in [0.3, 0.4) is 0 Å². The summed E-state index contributed by atoms with van der Waals surface area (Å²) in [6.07, 6.45) is 13.9. The SMILES string of the molecule is CC[C@H]1CCCC[C@H]1N1CC[C@@](C#N)(NC(=O)[C@@H](CC(=O)N2CCOCC2)CC2CCCCC2)C1. The summed E-state index contributed by atoms with van der Waals surface area (Å²) >= 11 is 0. The second kappa shape index (κ2) is 12.5. The van der Waals surface area contributed by atoms with E-state index in [0.717, 1.165) is 25.8 Å². The number of likely N-dealkylation sites (tertiary alicyclic amines) is 1. The molecule has 0 aromatic rings.